The molecule has 0 spiro atoms. The molecule has 0 aliphatic carbocycles. The van der Waals surface area contributed by atoms with Crippen LogP contribution in [-0.2, 0) is 6.54 Å². The van der Waals surface area contributed by atoms with Gasteiger partial charge in [-0.2, -0.15) is 0 Å². The van der Waals surface area contributed by atoms with Crippen LogP contribution in [0.4, 0.5) is 0 Å². The van der Waals surface area contributed by atoms with Crippen LogP contribution < -0.4 is 10.6 Å². The molecule has 1 aromatic carbocycles. The molecule has 0 bridgehead atoms. The number of aromatic nitrogens is 1. The number of benzene rings is 1. The smallest absolute Gasteiger partial charge is 0.226 e. The van der Waals surface area contributed by atoms with Gasteiger partial charge in [0.15, 0.2) is 5.96 Å². The zero-order valence-corrected chi connectivity index (χ0v) is 19.2. The van der Waals surface area contributed by atoms with Gasteiger partial charge in [0.1, 0.15) is 12.0 Å². The van der Waals surface area contributed by atoms with Crippen LogP contribution in [0, 0.1) is 5.92 Å². The van der Waals surface area contributed by atoms with Crippen LogP contribution in [0.5, 0.6) is 0 Å². The van der Waals surface area contributed by atoms with Crippen molar-refractivity contribution in [3.05, 3.63) is 42.3 Å². The molecule has 1 unspecified atom stereocenters. The van der Waals surface area contributed by atoms with E-state index >= 15 is 0 Å². The summed E-state index contributed by atoms with van der Waals surface area (Å²) in [4.78, 5) is 11.8. The van der Waals surface area contributed by atoms with E-state index in [1.807, 2.05) is 30.3 Å². The molecule has 1 saturated heterocycles. The van der Waals surface area contributed by atoms with E-state index < -0.39 is 0 Å². The first-order valence-electron chi connectivity index (χ1n) is 10.0. The lowest BCUT2D eigenvalue weighted by atomic mass is 10.1. The minimum atomic E-state index is 0. The average molecular weight is 497 g/mol. The van der Waals surface area contributed by atoms with E-state index in [9.17, 15) is 0 Å². The summed E-state index contributed by atoms with van der Waals surface area (Å²) in [6.07, 6.45) is 4.18. The molecular formula is C21H32IN5O. The second-order valence-electron chi connectivity index (χ2n) is 7.04. The Hall–Kier alpha value is -1.61. The summed E-state index contributed by atoms with van der Waals surface area (Å²) in [6.45, 7) is 10.2. The molecular weight excluding hydrogens is 465 g/mol. The van der Waals surface area contributed by atoms with Gasteiger partial charge in [-0.3, -0.25) is 0 Å². The number of nitrogens with zero attached hydrogens (tertiary/aromatic N) is 3. The summed E-state index contributed by atoms with van der Waals surface area (Å²) in [5.41, 5.74) is 1.82. The summed E-state index contributed by atoms with van der Waals surface area (Å²) >= 11 is 0. The van der Waals surface area contributed by atoms with Crippen molar-refractivity contribution in [3.8, 4) is 11.5 Å². The molecule has 0 radical (unpaired) electrons. The molecule has 1 aliphatic heterocycles. The highest BCUT2D eigenvalue weighted by Crippen LogP contribution is 2.18. The highest BCUT2D eigenvalue weighted by molar-refractivity contribution is 14.0. The SMILES string of the molecule is CCCN1CCC(CNC(=NCc2coc(-c3ccccc3)n2)NCC)C1.I. The topological polar surface area (TPSA) is 65.7 Å². The maximum atomic E-state index is 5.59. The standard InChI is InChI=1S/C21H31N5O.HI/c1-3-11-26-12-10-17(15-26)13-23-21(22-4-2)24-14-19-16-27-20(25-19)18-8-6-5-7-9-18;/h5-9,16-17H,3-4,10-15H2,1-2H3,(H2,22,23,24);1H. The zero-order chi connectivity index (χ0) is 18.9. The van der Waals surface area contributed by atoms with Gasteiger partial charge in [-0.25, -0.2) is 9.98 Å². The van der Waals surface area contributed by atoms with E-state index in [0.29, 0.717) is 18.4 Å². The van der Waals surface area contributed by atoms with Crippen LogP contribution in [0.2, 0.25) is 0 Å². The molecule has 0 amide bonds. The van der Waals surface area contributed by atoms with Crippen LogP contribution in [0.25, 0.3) is 11.5 Å². The normalized spacial score (nSPS) is 17.4. The second-order valence-corrected chi connectivity index (χ2v) is 7.04. The highest BCUT2D eigenvalue weighted by Gasteiger charge is 2.21. The van der Waals surface area contributed by atoms with Gasteiger partial charge in [0, 0.05) is 25.2 Å². The van der Waals surface area contributed by atoms with E-state index in [2.05, 4.69) is 39.4 Å². The molecule has 28 heavy (non-hydrogen) atoms. The fourth-order valence-electron chi connectivity index (χ4n) is 3.43. The van der Waals surface area contributed by atoms with Crippen molar-refractivity contribution in [3.63, 3.8) is 0 Å². The van der Waals surface area contributed by atoms with E-state index in [-0.39, 0.29) is 24.0 Å². The Morgan fingerprint density at radius 2 is 2.07 bits per heavy atom. The summed E-state index contributed by atoms with van der Waals surface area (Å²) in [6, 6.07) is 9.93. The Morgan fingerprint density at radius 3 is 2.82 bits per heavy atom. The van der Waals surface area contributed by atoms with Gasteiger partial charge in [0.25, 0.3) is 0 Å². The molecule has 154 valence electrons. The number of guanidine groups is 1. The first-order chi connectivity index (χ1) is 13.3. The number of hydrogen-bond acceptors (Lipinski definition) is 4. The lowest BCUT2D eigenvalue weighted by Gasteiger charge is -2.16. The van der Waals surface area contributed by atoms with Crippen molar-refractivity contribution in [1.29, 1.82) is 0 Å². The minimum absolute atomic E-state index is 0. The van der Waals surface area contributed by atoms with Crippen LogP contribution in [-0.4, -0.2) is 48.6 Å². The van der Waals surface area contributed by atoms with E-state index in [1.165, 1.54) is 32.5 Å². The van der Waals surface area contributed by atoms with Gasteiger partial charge in [0.05, 0.1) is 6.54 Å². The highest BCUT2D eigenvalue weighted by atomic mass is 127. The fourth-order valence-corrected chi connectivity index (χ4v) is 3.43. The number of hydrogen-bond donors (Lipinski definition) is 2. The summed E-state index contributed by atoms with van der Waals surface area (Å²) in [5.74, 6) is 2.17. The molecule has 2 aromatic rings. The quantitative estimate of drug-likeness (QED) is 0.331. The molecule has 2 N–H and O–H groups in total. The first-order valence-corrected chi connectivity index (χ1v) is 10.0. The van der Waals surface area contributed by atoms with Crippen molar-refractivity contribution in [2.75, 3.05) is 32.7 Å². The Morgan fingerprint density at radius 1 is 1.25 bits per heavy atom. The average Bonchev–Trinajstić information content (AvgIpc) is 3.35. The largest absolute Gasteiger partial charge is 0.444 e. The number of halogens is 1. The van der Waals surface area contributed by atoms with E-state index in [0.717, 1.165) is 30.3 Å². The van der Waals surface area contributed by atoms with Gasteiger partial charge < -0.3 is 20.0 Å². The first kappa shape index (κ1) is 22.7. The Balaban J connectivity index is 0.00000280. The van der Waals surface area contributed by atoms with Crippen LogP contribution in [0.3, 0.4) is 0 Å². The van der Waals surface area contributed by atoms with Gasteiger partial charge >= 0.3 is 0 Å². The Kier molecular flexibility index (Phi) is 9.77. The van der Waals surface area contributed by atoms with Crippen molar-refractivity contribution in [1.82, 2.24) is 20.5 Å². The predicted molar refractivity (Wildman–Crippen MR) is 125 cm³/mol. The Labute approximate surface area is 185 Å². The monoisotopic (exact) mass is 497 g/mol. The number of nitrogens with one attached hydrogen (secondary N) is 2. The maximum absolute atomic E-state index is 5.59. The summed E-state index contributed by atoms with van der Waals surface area (Å²) in [7, 11) is 0. The molecule has 0 saturated carbocycles. The molecule has 1 aromatic heterocycles. The lowest BCUT2D eigenvalue weighted by molar-refractivity contribution is 0.324. The third-order valence-electron chi connectivity index (χ3n) is 4.78. The number of oxazole rings is 1. The van der Waals surface area contributed by atoms with Crippen LogP contribution >= 0.6 is 24.0 Å². The lowest BCUT2D eigenvalue weighted by Crippen LogP contribution is -2.40. The van der Waals surface area contributed by atoms with Crippen molar-refractivity contribution < 1.29 is 4.42 Å². The third-order valence-corrected chi connectivity index (χ3v) is 4.78. The molecule has 7 heteroatoms. The van der Waals surface area contributed by atoms with Crippen molar-refractivity contribution >= 4 is 29.9 Å². The molecule has 1 aliphatic rings. The molecule has 6 nitrogen and oxygen atoms in total. The third kappa shape index (κ3) is 6.77. The summed E-state index contributed by atoms with van der Waals surface area (Å²) < 4.78 is 5.59. The fraction of sp³-hybridized carbons (Fsp3) is 0.524. The van der Waals surface area contributed by atoms with Gasteiger partial charge in [-0.15, -0.1) is 24.0 Å². The number of rotatable bonds is 8. The molecule has 3 rings (SSSR count). The Bertz CT molecular complexity index is 719. The van der Waals surface area contributed by atoms with Crippen LogP contribution in [0.1, 0.15) is 32.4 Å². The zero-order valence-electron chi connectivity index (χ0n) is 16.9. The minimum Gasteiger partial charge on any atom is -0.444 e. The van der Waals surface area contributed by atoms with E-state index in [4.69, 9.17) is 4.42 Å². The number of likely N-dealkylation sites (tertiary alicyclic amines) is 1. The van der Waals surface area contributed by atoms with Crippen molar-refractivity contribution in [2.45, 2.75) is 33.2 Å². The van der Waals surface area contributed by atoms with Crippen molar-refractivity contribution in [2.24, 2.45) is 10.9 Å². The van der Waals surface area contributed by atoms with Gasteiger partial charge in [0.2, 0.25) is 5.89 Å². The van der Waals surface area contributed by atoms with Crippen LogP contribution in [0.15, 0.2) is 46.0 Å². The number of aliphatic imine (C=N–C) groups is 1. The predicted octanol–water partition coefficient (Wildman–Crippen LogP) is 3.75. The van der Waals surface area contributed by atoms with Gasteiger partial charge in [-0.05, 0) is 50.9 Å². The molecule has 1 atom stereocenters. The second kappa shape index (κ2) is 12.1. The van der Waals surface area contributed by atoms with Gasteiger partial charge in [-0.1, -0.05) is 25.1 Å². The molecule has 2 heterocycles. The summed E-state index contributed by atoms with van der Waals surface area (Å²) in [5, 5.41) is 6.81. The molecule has 1 fully saturated rings. The maximum Gasteiger partial charge on any atom is 0.226 e. The van der Waals surface area contributed by atoms with E-state index in [1.54, 1.807) is 6.26 Å².